The Morgan fingerprint density at radius 2 is 1.75 bits per heavy atom. The number of para-hydroxylation sites is 1. The highest BCUT2D eigenvalue weighted by molar-refractivity contribution is 7.91. The van der Waals surface area contributed by atoms with Gasteiger partial charge in [-0.2, -0.15) is 5.26 Å². The molecule has 0 saturated carbocycles. The number of amides is 1. The Balaban J connectivity index is 1.95. The van der Waals surface area contributed by atoms with Gasteiger partial charge < -0.3 is 0 Å². The number of benzene rings is 2. The number of nitrogens with zero attached hydrogens (tertiary/aromatic N) is 2. The van der Waals surface area contributed by atoms with Crippen LogP contribution in [-0.2, 0) is 20.4 Å². The molecular weight excluding hydrogens is 326 g/mol. The van der Waals surface area contributed by atoms with Gasteiger partial charge in [0.25, 0.3) is 5.91 Å². The SMILES string of the molecule is CN(NC(=O)CS(=O)(=O)Cc1ccc(C#N)cc1)c1ccccc1. The van der Waals surface area contributed by atoms with E-state index in [0.717, 1.165) is 5.69 Å². The van der Waals surface area contributed by atoms with Crippen LogP contribution in [0.4, 0.5) is 5.69 Å². The van der Waals surface area contributed by atoms with Gasteiger partial charge >= 0.3 is 0 Å². The van der Waals surface area contributed by atoms with Gasteiger partial charge in [0.2, 0.25) is 0 Å². The highest BCUT2D eigenvalue weighted by Gasteiger charge is 2.18. The molecule has 1 N–H and O–H groups in total. The van der Waals surface area contributed by atoms with E-state index in [1.807, 2.05) is 24.3 Å². The van der Waals surface area contributed by atoms with E-state index in [9.17, 15) is 13.2 Å². The topological polar surface area (TPSA) is 90.3 Å². The van der Waals surface area contributed by atoms with Crippen molar-refractivity contribution in [2.75, 3.05) is 17.8 Å². The molecule has 0 aliphatic heterocycles. The number of sulfone groups is 1. The maximum atomic E-state index is 12.1. The predicted octanol–water partition coefficient (Wildman–Crippen LogP) is 1.64. The molecule has 0 heterocycles. The normalized spacial score (nSPS) is 10.7. The molecule has 0 saturated heterocycles. The maximum absolute atomic E-state index is 12.1. The molecule has 0 aromatic heterocycles. The second-order valence-corrected chi connectivity index (χ2v) is 7.34. The van der Waals surface area contributed by atoms with Crippen LogP contribution < -0.4 is 10.4 Å². The summed E-state index contributed by atoms with van der Waals surface area (Å²) in [5.74, 6) is -1.46. The molecule has 0 atom stereocenters. The second kappa shape index (κ2) is 7.62. The number of rotatable bonds is 6. The average molecular weight is 343 g/mol. The number of carbonyl (C=O) groups is 1. The summed E-state index contributed by atoms with van der Waals surface area (Å²) in [5, 5.41) is 10.2. The average Bonchev–Trinajstić information content (AvgIpc) is 2.55. The highest BCUT2D eigenvalue weighted by atomic mass is 32.2. The Morgan fingerprint density at radius 3 is 2.33 bits per heavy atom. The first-order valence-corrected chi connectivity index (χ1v) is 8.99. The van der Waals surface area contributed by atoms with Gasteiger partial charge in [-0.3, -0.25) is 15.2 Å². The van der Waals surface area contributed by atoms with Crippen LogP contribution in [0.3, 0.4) is 0 Å². The molecule has 0 fully saturated rings. The molecule has 0 aliphatic rings. The highest BCUT2D eigenvalue weighted by Crippen LogP contribution is 2.10. The monoisotopic (exact) mass is 343 g/mol. The summed E-state index contributed by atoms with van der Waals surface area (Å²) in [6.07, 6.45) is 0. The lowest BCUT2D eigenvalue weighted by atomic mass is 10.2. The van der Waals surface area contributed by atoms with Crippen molar-refractivity contribution < 1.29 is 13.2 Å². The van der Waals surface area contributed by atoms with Gasteiger partial charge in [-0.05, 0) is 29.8 Å². The summed E-state index contributed by atoms with van der Waals surface area (Å²) in [6.45, 7) is 0. The Hall–Kier alpha value is -2.85. The van der Waals surface area contributed by atoms with Gasteiger partial charge in [0.05, 0.1) is 23.1 Å². The van der Waals surface area contributed by atoms with Crippen LogP contribution in [-0.4, -0.2) is 27.1 Å². The molecule has 24 heavy (non-hydrogen) atoms. The van der Waals surface area contributed by atoms with Crippen molar-refractivity contribution in [2.24, 2.45) is 0 Å². The Labute approximate surface area is 141 Å². The van der Waals surface area contributed by atoms with E-state index in [1.165, 1.54) is 5.01 Å². The van der Waals surface area contributed by atoms with Gasteiger partial charge in [-0.15, -0.1) is 0 Å². The smallest absolute Gasteiger partial charge is 0.253 e. The van der Waals surface area contributed by atoms with Crippen LogP contribution >= 0.6 is 0 Å². The number of nitrogens with one attached hydrogen (secondary N) is 1. The summed E-state index contributed by atoms with van der Waals surface area (Å²) in [4.78, 5) is 12.0. The van der Waals surface area contributed by atoms with E-state index in [4.69, 9.17) is 5.26 Å². The molecule has 2 rings (SSSR count). The predicted molar refractivity (Wildman–Crippen MR) is 91.6 cm³/mol. The first-order valence-electron chi connectivity index (χ1n) is 7.17. The van der Waals surface area contributed by atoms with Gasteiger partial charge in [0.15, 0.2) is 9.84 Å². The summed E-state index contributed by atoms with van der Waals surface area (Å²) >= 11 is 0. The lowest BCUT2D eigenvalue weighted by Crippen LogP contribution is -2.42. The lowest BCUT2D eigenvalue weighted by molar-refractivity contribution is -0.118. The number of hydrogen-bond donors (Lipinski definition) is 1. The zero-order valence-corrected chi connectivity index (χ0v) is 14.0. The van der Waals surface area contributed by atoms with Crippen molar-refractivity contribution in [1.82, 2.24) is 5.43 Å². The van der Waals surface area contributed by atoms with E-state index in [1.54, 1.807) is 43.4 Å². The van der Waals surface area contributed by atoms with Crippen LogP contribution in [0.2, 0.25) is 0 Å². The third kappa shape index (κ3) is 5.11. The number of carbonyl (C=O) groups excluding carboxylic acids is 1. The largest absolute Gasteiger partial charge is 0.289 e. The summed E-state index contributed by atoms with van der Waals surface area (Å²) < 4.78 is 24.3. The molecule has 2 aromatic carbocycles. The van der Waals surface area contributed by atoms with Gasteiger partial charge in [-0.25, -0.2) is 8.42 Å². The molecular formula is C17H17N3O3S. The fraction of sp³-hybridized carbons (Fsp3) is 0.176. The molecule has 0 spiro atoms. The summed E-state index contributed by atoms with van der Waals surface area (Å²) in [5.41, 5.74) is 4.27. The molecule has 7 heteroatoms. The first kappa shape index (κ1) is 17.5. The molecule has 0 bridgehead atoms. The van der Waals surface area contributed by atoms with E-state index in [2.05, 4.69) is 5.43 Å². The minimum atomic E-state index is -3.60. The molecule has 6 nitrogen and oxygen atoms in total. The van der Waals surface area contributed by atoms with Gasteiger partial charge in [0.1, 0.15) is 5.75 Å². The van der Waals surface area contributed by atoms with E-state index < -0.39 is 21.5 Å². The van der Waals surface area contributed by atoms with Crippen LogP contribution in [0, 0.1) is 11.3 Å². The van der Waals surface area contributed by atoms with Crippen molar-refractivity contribution >= 4 is 21.4 Å². The molecule has 0 unspecified atom stereocenters. The third-order valence-electron chi connectivity index (χ3n) is 3.26. The van der Waals surface area contributed by atoms with Crippen molar-refractivity contribution in [1.29, 1.82) is 5.26 Å². The number of hydrazine groups is 1. The standard InChI is InChI=1S/C17H17N3O3S/c1-20(16-5-3-2-4-6-16)19-17(21)13-24(22,23)12-15-9-7-14(11-18)8-10-15/h2-10H,12-13H2,1H3,(H,19,21). The van der Waals surface area contributed by atoms with E-state index >= 15 is 0 Å². The molecule has 124 valence electrons. The second-order valence-electron chi connectivity index (χ2n) is 5.27. The first-order chi connectivity index (χ1) is 11.4. The number of hydrogen-bond acceptors (Lipinski definition) is 5. The zero-order chi connectivity index (χ0) is 17.6. The molecule has 0 aliphatic carbocycles. The van der Waals surface area contributed by atoms with Crippen molar-refractivity contribution in [3.63, 3.8) is 0 Å². The quantitative estimate of drug-likeness (QED) is 0.805. The van der Waals surface area contributed by atoms with Crippen molar-refractivity contribution in [2.45, 2.75) is 5.75 Å². The fourth-order valence-electron chi connectivity index (χ4n) is 2.12. The van der Waals surface area contributed by atoms with E-state index in [-0.39, 0.29) is 5.75 Å². The fourth-order valence-corrected chi connectivity index (χ4v) is 3.38. The van der Waals surface area contributed by atoms with Crippen LogP contribution in [0.1, 0.15) is 11.1 Å². The maximum Gasteiger partial charge on any atom is 0.253 e. The van der Waals surface area contributed by atoms with E-state index in [0.29, 0.717) is 11.1 Å². The van der Waals surface area contributed by atoms with Crippen molar-refractivity contribution in [3.05, 3.63) is 65.7 Å². The van der Waals surface area contributed by atoms with Gasteiger partial charge in [-0.1, -0.05) is 30.3 Å². The molecule has 1 amide bonds. The van der Waals surface area contributed by atoms with Crippen LogP contribution in [0.25, 0.3) is 0 Å². The Bertz CT molecular complexity index is 841. The van der Waals surface area contributed by atoms with Crippen LogP contribution in [0.15, 0.2) is 54.6 Å². The van der Waals surface area contributed by atoms with Gasteiger partial charge in [0, 0.05) is 7.05 Å². The summed E-state index contributed by atoms with van der Waals surface area (Å²) in [7, 11) is -1.96. The molecule has 0 radical (unpaired) electrons. The minimum Gasteiger partial charge on any atom is -0.289 e. The number of nitriles is 1. The number of anilines is 1. The zero-order valence-electron chi connectivity index (χ0n) is 13.1. The van der Waals surface area contributed by atoms with Crippen LogP contribution in [0.5, 0.6) is 0 Å². The Kier molecular flexibility index (Phi) is 5.55. The van der Waals surface area contributed by atoms with Crippen molar-refractivity contribution in [3.8, 4) is 6.07 Å². The third-order valence-corrected chi connectivity index (χ3v) is 4.73. The lowest BCUT2D eigenvalue weighted by Gasteiger charge is -2.20. The minimum absolute atomic E-state index is 0.249. The Morgan fingerprint density at radius 1 is 1.12 bits per heavy atom. The molecule has 2 aromatic rings. The summed E-state index contributed by atoms with van der Waals surface area (Å²) in [6, 6.07) is 17.3.